The molecule has 0 aliphatic carbocycles. The minimum Gasteiger partial charge on any atom is -0.330 e. The van der Waals surface area contributed by atoms with Gasteiger partial charge in [-0.25, -0.2) is 0 Å². The van der Waals surface area contributed by atoms with E-state index in [4.69, 9.17) is 5.73 Å². The maximum Gasteiger partial charge on any atom is 0.0625 e. The van der Waals surface area contributed by atoms with Gasteiger partial charge in [0.1, 0.15) is 0 Å². The number of nitrogens with two attached hydrogens (primary N) is 1. The Balaban J connectivity index is 1.98. The van der Waals surface area contributed by atoms with E-state index in [0.717, 1.165) is 32.0 Å². The highest BCUT2D eigenvalue weighted by molar-refractivity contribution is 5.10. The molecule has 1 fully saturated rings. The number of hydrogen-bond donors (Lipinski definition) is 1. The SMILES string of the molecule is CCc1cc(CN2CCC(C)C(CN)C2)n(C)n1. The van der Waals surface area contributed by atoms with Gasteiger partial charge in [-0.3, -0.25) is 9.58 Å². The molecule has 102 valence electrons. The van der Waals surface area contributed by atoms with Gasteiger partial charge in [0.15, 0.2) is 0 Å². The van der Waals surface area contributed by atoms with Crippen molar-refractivity contribution in [2.24, 2.45) is 24.6 Å². The quantitative estimate of drug-likeness (QED) is 0.878. The highest BCUT2D eigenvalue weighted by Gasteiger charge is 2.25. The van der Waals surface area contributed by atoms with Crippen LogP contribution in [0.25, 0.3) is 0 Å². The summed E-state index contributed by atoms with van der Waals surface area (Å²) < 4.78 is 2.02. The Morgan fingerprint density at radius 1 is 1.50 bits per heavy atom. The summed E-state index contributed by atoms with van der Waals surface area (Å²) >= 11 is 0. The van der Waals surface area contributed by atoms with Gasteiger partial charge < -0.3 is 5.73 Å². The second-order valence-electron chi connectivity index (χ2n) is 5.60. The molecule has 0 radical (unpaired) electrons. The zero-order valence-electron chi connectivity index (χ0n) is 11.9. The van der Waals surface area contributed by atoms with E-state index in [9.17, 15) is 0 Å². The van der Waals surface area contributed by atoms with Crippen LogP contribution in [-0.4, -0.2) is 34.3 Å². The highest BCUT2D eigenvalue weighted by atomic mass is 15.3. The zero-order valence-corrected chi connectivity index (χ0v) is 11.9. The lowest BCUT2D eigenvalue weighted by atomic mass is 9.87. The van der Waals surface area contributed by atoms with Crippen LogP contribution in [0.1, 0.15) is 31.7 Å². The van der Waals surface area contributed by atoms with Gasteiger partial charge in [0.25, 0.3) is 0 Å². The molecule has 18 heavy (non-hydrogen) atoms. The first-order chi connectivity index (χ1) is 8.63. The van der Waals surface area contributed by atoms with Gasteiger partial charge in [-0.1, -0.05) is 13.8 Å². The van der Waals surface area contributed by atoms with Gasteiger partial charge in [0.2, 0.25) is 0 Å². The van der Waals surface area contributed by atoms with Gasteiger partial charge in [0.05, 0.1) is 11.4 Å². The normalized spacial score (nSPS) is 25.6. The van der Waals surface area contributed by atoms with E-state index < -0.39 is 0 Å². The number of hydrogen-bond acceptors (Lipinski definition) is 3. The molecule has 0 aromatic carbocycles. The molecule has 4 nitrogen and oxygen atoms in total. The molecule has 4 heteroatoms. The first-order valence-electron chi connectivity index (χ1n) is 7.08. The van der Waals surface area contributed by atoms with E-state index in [1.165, 1.54) is 24.4 Å². The second kappa shape index (κ2) is 5.85. The minimum atomic E-state index is 0.651. The molecule has 0 amide bonds. The topological polar surface area (TPSA) is 47.1 Å². The maximum atomic E-state index is 5.86. The molecule has 2 unspecified atom stereocenters. The lowest BCUT2D eigenvalue weighted by Crippen LogP contribution is -2.42. The van der Waals surface area contributed by atoms with Crippen LogP contribution in [0, 0.1) is 11.8 Å². The number of aromatic nitrogens is 2. The Morgan fingerprint density at radius 2 is 2.28 bits per heavy atom. The fourth-order valence-electron chi connectivity index (χ4n) is 2.80. The smallest absolute Gasteiger partial charge is 0.0625 e. The van der Waals surface area contributed by atoms with E-state index in [2.05, 4.69) is 29.9 Å². The molecule has 2 heterocycles. The first-order valence-corrected chi connectivity index (χ1v) is 7.08. The third kappa shape index (κ3) is 2.93. The summed E-state index contributed by atoms with van der Waals surface area (Å²) in [6, 6.07) is 2.23. The molecule has 2 rings (SSSR count). The van der Waals surface area contributed by atoms with Crippen molar-refractivity contribution in [3.8, 4) is 0 Å². The number of aryl methyl sites for hydroxylation is 2. The van der Waals surface area contributed by atoms with Crippen LogP contribution < -0.4 is 5.73 Å². The molecule has 1 saturated heterocycles. The zero-order chi connectivity index (χ0) is 13.1. The molecule has 2 N–H and O–H groups in total. The van der Waals surface area contributed by atoms with E-state index in [-0.39, 0.29) is 0 Å². The maximum absolute atomic E-state index is 5.86. The first kappa shape index (κ1) is 13.6. The Morgan fingerprint density at radius 3 is 2.89 bits per heavy atom. The molecule has 1 aromatic heterocycles. The molecule has 1 aliphatic heterocycles. The summed E-state index contributed by atoms with van der Waals surface area (Å²) in [5, 5.41) is 4.51. The summed E-state index contributed by atoms with van der Waals surface area (Å²) in [6.07, 6.45) is 2.27. The lowest BCUT2D eigenvalue weighted by Gasteiger charge is -2.36. The van der Waals surface area contributed by atoms with Crippen LogP contribution in [0.15, 0.2) is 6.07 Å². The average Bonchev–Trinajstić information content (AvgIpc) is 2.72. The largest absolute Gasteiger partial charge is 0.330 e. The Kier molecular flexibility index (Phi) is 4.40. The second-order valence-corrected chi connectivity index (χ2v) is 5.60. The molecule has 0 saturated carbocycles. The molecular weight excluding hydrogens is 224 g/mol. The van der Waals surface area contributed by atoms with Gasteiger partial charge in [-0.2, -0.15) is 5.10 Å². The molecule has 0 spiro atoms. The molecule has 1 aliphatic rings. The number of rotatable bonds is 4. The third-order valence-electron chi connectivity index (χ3n) is 4.28. The standard InChI is InChI=1S/C14H26N4/c1-4-13-7-14(17(3)16-13)10-18-6-5-11(2)12(8-15)9-18/h7,11-12H,4-6,8-10,15H2,1-3H3. The third-order valence-corrected chi connectivity index (χ3v) is 4.28. The summed E-state index contributed by atoms with van der Waals surface area (Å²) in [7, 11) is 2.04. The summed E-state index contributed by atoms with van der Waals surface area (Å²) in [6.45, 7) is 8.61. The molecule has 2 atom stereocenters. The Bertz CT molecular complexity index is 385. The van der Waals surface area contributed by atoms with Crippen molar-refractivity contribution in [2.45, 2.75) is 33.2 Å². The van der Waals surface area contributed by atoms with Crippen LogP contribution in [-0.2, 0) is 20.0 Å². The van der Waals surface area contributed by atoms with Gasteiger partial charge in [-0.05, 0) is 43.8 Å². The van der Waals surface area contributed by atoms with Crippen molar-refractivity contribution >= 4 is 0 Å². The summed E-state index contributed by atoms with van der Waals surface area (Å²) in [4.78, 5) is 2.52. The number of nitrogens with zero attached hydrogens (tertiary/aromatic N) is 3. The van der Waals surface area contributed by atoms with Crippen molar-refractivity contribution in [1.82, 2.24) is 14.7 Å². The number of piperidine rings is 1. The summed E-state index contributed by atoms with van der Waals surface area (Å²) in [5.74, 6) is 1.42. The van der Waals surface area contributed by atoms with E-state index in [1.807, 2.05) is 11.7 Å². The molecular formula is C14H26N4. The van der Waals surface area contributed by atoms with Crippen molar-refractivity contribution in [3.05, 3.63) is 17.5 Å². The lowest BCUT2D eigenvalue weighted by molar-refractivity contribution is 0.124. The average molecular weight is 250 g/mol. The Hall–Kier alpha value is -0.870. The van der Waals surface area contributed by atoms with E-state index in [0.29, 0.717) is 5.92 Å². The predicted octanol–water partition coefficient (Wildman–Crippen LogP) is 1.40. The van der Waals surface area contributed by atoms with Crippen LogP contribution in [0.2, 0.25) is 0 Å². The van der Waals surface area contributed by atoms with Crippen LogP contribution in [0.4, 0.5) is 0 Å². The number of likely N-dealkylation sites (tertiary alicyclic amines) is 1. The van der Waals surface area contributed by atoms with Crippen LogP contribution in [0.3, 0.4) is 0 Å². The van der Waals surface area contributed by atoms with Crippen molar-refractivity contribution < 1.29 is 0 Å². The Labute approximate surface area is 110 Å². The highest BCUT2D eigenvalue weighted by Crippen LogP contribution is 2.23. The fraction of sp³-hybridized carbons (Fsp3) is 0.786. The predicted molar refractivity (Wildman–Crippen MR) is 74.2 cm³/mol. The van der Waals surface area contributed by atoms with Crippen molar-refractivity contribution in [2.75, 3.05) is 19.6 Å². The van der Waals surface area contributed by atoms with E-state index in [1.54, 1.807) is 0 Å². The fourth-order valence-corrected chi connectivity index (χ4v) is 2.80. The minimum absolute atomic E-state index is 0.651. The van der Waals surface area contributed by atoms with Crippen LogP contribution >= 0.6 is 0 Å². The van der Waals surface area contributed by atoms with Gasteiger partial charge in [-0.15, -0.1) is 0 Å². The monoisotopic (exact) mass is 250 g/mol. The van der Waals surface area contributed by atoms with Crippen molar-refractivity contribution in [1.29, 1.82) is 0 Å². The van der Waals surface area contributed by atoms with Crippen molar-refractivity contribution in [3.63, 3.8) is 0 Å². The van der Waals surface area contributed by atoms with Crippen LogP contribution in [0.5, 0.6) is 0 Å². The van der Waals surface area contributed by atoms with Gasteiger partial charge in [0, 0.05) is 20.1 Å². The molecule has 0 bridgehead atoms. The summed E-state index contributed by atoms with van der Waals surface area (Å²) in [5.41, 5.74) is 8.37. The molecule has 1 aromatic rings. The van der Waals surface area contributed by atoms with Gasteiger partial charge >= 0.3 is 0 Å². The van der Waals surface area contributed by atoms with E-state index >= 15 is 0 Å².